The number of rotatable bonds is 7. The minimum absolute atomic E-state index is 0.0975. The van der Waals surface area contributed by atoms with Crippen LogP contribution < -0.4 is 0 Å². The number of pyridine rings is 2. The lowest BCUT2D eigenvalue weighted by Gasteiger charge is -2.22. The van der Waals surface area contributed by atoms with Crippen molar-refractivity contribution in [1.82, 2.24) is 20.0 Å². The predicted molar refractivity (Wildman–Crippen MR) is 114 cm³/mol. The number of hydrogen-bond donors (Lipinski definition) is 0. The van der Waals surface area contributed by atoms with Gasteiger partial charge in [0.05, 0.1) is 29.5 Å². The van der Waals surface area contributed by atoms with E-state index >= 15 is 0 Å². The van der Waals surface area contributed by atoms with E-state index in [9.17, 15) is 4.79 Å². The molecule has 1 aliphatic carbocycles. The van der Waals surface area contributed by atoms with Crippen LogP contribution in [-0.2, 0) is 13.1 Å². The van der Waals surface area contributed by atoms with E-state index in [1.807, 2.05) is 44.2 Å². The molecule has 0 aromatic carbocycles. The van der Waals surface area contributed by atoms with Crippen LogP contribution in [0.4, 0.5) is 0 Å². The van der Waals surface area contributed by atoms with E-state index in [-0.39, 0.29) is 11.8 Å². The number of amides is 1. The first-order valence-corrected chi connectivity index (χ1v) is 10.6. The summed E-state index contributed by atoms with van der Waals surface area (Å²) in [5, 5.41) is 4.95. The van der Waals surface area contributed by atoms with E-state index in [0.29, 0.717) is 35.7 Å². The molecule has 0 unspecified atom stereocenters. The highest BCUT2D eigenvalue weighted by Gasteiger charge is 2.31. The fourth-order valence-electron chi connectivity index (χ4n) is 3.82. The lowest BCUT2D eigenvalue weighted by Crippen LogP contribution is -2.30. The molecule has 31 heavy (non-hydrogen) atoms. The Kier molecular flexibility index (Phi) is 5.02. The van der Waals surface area contributed by atoms with Crippen LogP contribution in [0.5, 0.6) is 0 Å². The molecule has 0 saturated heterocycles. The summed E-state index contributed by atoms with van der Waals surface area (Å²) in [6, 6.07) is 9.47. The third-order valence-electron chi connectivity index (χ3n) is 5.58. The van der Waals surface area contributed by atoms with Crippen LogP contribution in [0, 0.1) is 0 Å². The molecule has 4 aromatic rings. The Balaban J connectivity index is 1.59. The number of carbonyl (C=O) groups is 1. The van der Waals surface area contributed by atoms with Crippen molar-refractivity contribution in [3.63, 3.8) is 0 Å². The molecular weight excluding hydrogens is 392 g/mol. The summed E-state index contributed by atoms with van der Waals surface area (Å²) >= 11 is 0. The highest BCUT2D eigenvalue weighted by molar-refractivity contribution is 6.06. The SMILES string of the molecule is CC(C)c1noc2nc(C3CC3)cc(C(=O)N(Cc3cccnc3)Cc3ccco3)c12. The summed E-state index contributed by atoms with van der Waals surface area (Å²) in [6.07, 6.45) is 7.29. The smallest absolute Gasteiger partial charge is 0.259 e. The summed E-state index contributed by atoms with van der Waals surface area (Å²) in [7, 11) is 0. The van der Waals surface area contributed by atoms with Gasteiger partial charge in [-0.05, 0) is 48.6 Å². The molecule has 0 spiro atoms. The van der Waals surface area contributed by atoms with E-state index in [2.05, 4.69) is 15.1 Å². The van der Waals surface area contributed by atoms with Crippen molar-refractivity contribution < 1.29 is 13.7 Å². The van der Waals surface area contributed by atoms with Gasteiger partial charge in [0.15, 0.2) is 0 Å². The van der Waals surface area contributed by atoms with E-state index in [0.717, 1.165) is 35.6 Å². The number of carbonyl (C=O) groups excluding carboxylic acids is 1. The monoisotopic (exact) mass is 416 g/mol. The van der Waals surface area contributed by atoms with Gasteiger partial charge in [0.1, 0.15) is 5.76 Å². The molecule has 158 valence electrons. The Morgan fingerprint density at radius 2 is 2.10 bits per heavy atom. The highest BCUT2D eigenvalue weighted by atomic mass is 16.5. The van der Waals surface area contributed by atoms with E-state index in [4.69, 9.17) is 8.94 Å². The molecule has 5 rings (SSSR count). The third kappa shape index (κ3) is 3.95. The van der Waals surface area contributed by atoms with Gasteiger partial charge >= 0.3 is 0 Å². The zero-order chi connectivity index (χ0) is 21.4. The number of aromatic nitrogens is 3. The van der Waals surface area contributed by atoms with Crippen LogP contribution in [0.2, 0.25) is 0 Å². The molecule has 7 heteroatoms. The maximum atomic E-state index is 13.9. The topological polar surface area (TPSA) is 85.3 Å². The minimum atomic E-state index is -0.0975. The van der Waals surface area contributed by atoms with E-state index in [1.165, 1.54) is 0 Å². The van der Waals surface area contributed by atoms with E-state index < -0.39 is 0 Å². The van der Waals surface area contributed by atoms with Gasteiger partial charge in [0.2, 0.25) is 0 Å². The molecule has 0 N–H and O–H groups in total. The summed E-state index contributed by atoms with van der Waals surface area (Å²) in [5.74, 6) is 1.12. The number of hydrogen-bond acceptors (Lipinski definition) is 6. The Hall–Kier alpha value is -3.48. The standard InChI is InChI=1S/C24H24N4O3/c1-15(2)22-21-19(11-20(17-7-8-17)26-23(21)31-27-22)24(29)28(14-18-6-4-10-30-18)13-16-5-3-9-25-12-16/h3-6,9-12,15,17H,7-8,13-14H2,1-2H3. The van der Waals surface area contributed by atoms with Crippen LogP contribution in [0.15, 0.2) is 57.9 Å². The van der Waals surface area contributed by atoms with Crippen molar-refractivity contribution in [3.8, 4) is 0 Å². The number of furan rings is 1. The Morgan fingerprint density at radius 3 is 2.77 bits per heavy atom. The maximum Gasteiger partial charge on any atom is 0.259 e. The first kappa shape index (κ1) is 19.5. The van der Waals surface area contributed by atoms with Gasteiger partial charge in [-0.2, -0.15) is 0 Å². The van der Waals surface area contributed by atoms with Crippen molar-refractivity contribution >= 4 is 17.0 Å². The lowest BCUT2D eigenvalue weighted by atomic mass is 10.0. The molecule has 4 aromatic heterocycles. The van der Waals surface area contributed by atoms with Gasteiger partial charge in [-0.1, -0.05) is 25.1 Å². The van der Waals surface area contributed by atoms with Gasteiger partial charge in [0.25, 0.3) is 11.6 Å². The van der Waals surface area contributed by atoms with E-state index in [1.54, 1.807) is 23.6 Å². The second-order valence-electron chi connectivity index (χ2n) is 8.37. The fourth-order valence-corrected chi connectivity index (χ4v) is 3.82. The van der Waals surface area contributed by atoms with Gasteiger partial charge in [-0.15, -0.1) is 0 Å². The Labute approximate surface area is 180 Å². The molecule has 1 saturated carbocycles. The van der Waals surface area contributed by atoms with Crippen LogP contribution in [0.1, 0.15) is 71.6 Å². The fraction of sp³-hybridized carbons (Fsp3) is 0.333. The Morgan fingerprint density at radius 1 is 1.23 bits per heavy atom. The van der Waals surface area contributed by atoms with Gasteiger partial charge in [-0.25, -0.2) is 4.98 Å². The zero-order valence-corrected chi connectivity index (χ0v) is 17.6. The van der Waals surface area contributed by atoms with Crippen molar-refractivity contribution in [1.29, 1.82) is 0 Å². The van der Waals surface area contributed by atoms with Crippen molar-refractivity contribution in [2.75, 3.05) is 0 Å². The second kappa shape index (κ2) is 7.98. The summed E-state index contributed by atoms with van der Waals surface area (Å²) in [5.41, 5.74) is 3.64. The number of nitrogens with zero attached hydrogens (tertiary/aromatic N) is 4. The molecular formula is C24H24N4O3. The molecule has 1 amide bonds. The van der Waals surface area contributed by atoms with Crippen molar-refractivity contribution in [2.24, 2.45) is 0 Å². The molecule has 0 radical (unpaired) electrons. The molecule has 0 atom stereocenters. The molecule has 0 aliphatic heterocycles. The first-order valence-electron chi connectivity index (χ1n) is 10.6. The molecule has 1 aliphatic rings. The second-order valence-corrected chi connectivity index (χ2v) is 8.37. The minimum Gasteiger partial charge on any atom is -0.467 e. The summed E-state index contributed by atoms with van der Waals surface area (Å²) < 4.78 is 11.1. The highest BCUT2D eigenvalue weighted by Crippen LogP contribution is 2.41. The van der Waals surface area contributed by atoms with Crippen LogP contribution >= 0.6 is 0 Å². The van der Waals surface area contributed by atoms with Crippen LogP contribution in [0.3, 0.4) is 0 Å². The van der Waals surface area contributed by atoms with Crippen LogP contribution in [-0.4, -0.2) is 25.9 Å². The van der Waals surface area contributed by atoms with Crippen molar-refractivity contribution in [2.45, 2.75) is 51.6 Å². The first-order chi connectivity index (χ1) is 15.1. The predicted octanol–water partition coefficient (Wildman–Crippen LogP) is 5.05. The normalized spacial score (nSPS) is 13.8. The van der Waals surface area contributed by atoms with Gasteiger partial charge in [0, 0.05) is 30.6 Å². The van der Waals surface area contributed by atoms with Crippen LogP contribution in [0.25, 0.3) is 11.1 Å². The Bertz CT molecular complexity index is 1190. The maximum absolute atomic E-state index is 13.9. The summed E-state index contributed by atoms with van der Waals surface area (Å²) in [6.45, 7) is 4.84. The molecule has 7 nitrogen and oxygen atoms in total. The average molecular weight is 416 g/mol. The third-order valence-corrected chi connectivity index (χ3v) is 5.58. The van der Waals surface area contributed by atoms with Gasteiger partial charge in [-0.3, -0.25) is 9.78 Å². The summed E-state index contributed by atoms with van der Waals surface area (Å²) in [4.78, 5) is 24.6. The number of fused-ring (bicyclic) bond motifs is 1. The quantitative estimate of drug-likeness (QED) is 0.419. The molecule has 4 heterocycles. The largest absolute Gasteiger partial charge is 0.467 e. The lowest BCUT2D eigenvalue weighted by molar-refractivity contribution is 0.0719. The van der Waals surface area contributed by atoms with Crippen molar-refractivity contribution in [3.05, 3.63) is 77.3 Å². The zero-order valence-electron chi connectivity index (χ0n) is 17.6. The van der Waals surface area contributed by atoms with Gasteiger partial charge < -0.3 is 13.8 Å². The molecule has 1 fully saturated rings. The average Bonchev–Trinajstić information content (AvgIpc) is 3.33. The molecule has 0 bridgehead atoms.